The number of hydrogen-bond acceptors (Lipinski definition) is 4. The molecule has 1 aromatic rings. The van der Waals surface area contributed by atoms with Gasteiger partial charge in [0.1, 0.15) is 0 Å². The first-order valence-corrected chi connectivity index (χ1v) is 6.23. The van der Waals surface area contributed by atoms with E-state index in [4.69, 9.17) is 16.7 Å². The SMILES string of the molecule is COC(=O)c1ccc(Cl)cc1N1CC(C(=O)O)CC1=O. The zero-order valence-electron chi connectivity index (χ0n) is 10.6. The van der Waals surface area contributed by atoms with Crippen molar-refractivity contribution in [2.75, 3.05) is 18.6 Å². The summed E-state index contributed by atoms with van der Waals surface area (Å²) >= 11 is 5.88. The maximum atomic E-state index is 11.9. The lowest BCUT2D eigenvalue weighted by molar-refractivity contribution is -0.141. The average Bonchev–Trinajstić information content (AvgIpc) is 2.80. The fourth-order valence-electron chi connectivity index (χ4n) is 2.12. The maximum absolute atomic E-state index is 11.9. The van der Waals surface area contributed by atoms with Gasteiger partial charge in [-0.15, -0.1) is 0 Å². The molecule has 2 rings (SSSR count). The summed E-state index contributed by atoms with van der Waals surface area (Å²) < 4.78 is 4.65. The summed E-state index contributed by atoms with van der Waals surface area (Å²) in [5.74, 6) is -2.79. The lowest BCUT2D eigenvalue weighted by Gasteiger charge is -2.19. The highest BCUT2D eigenvalue weighted by molar-refractivity contribution is 6.31. The molecule has 0 aliphatic carbocycles. The molecule has 0 spiro atoms. The normalized spacial score (nSPS) is 18.2. The quantitative estimate of drug-likeness (QED) is 0.856. The van der Waals surface area contributed by atoms with E-state index in [9.17, 15) is 14.4 Å². The highest BCUT2D eigenvalue weighted by Gasteiger charge is 2.36. The van der Waals surface area contributed by atoms with E-state index in [-0.39, 0.29) is 30.1 Å². The van der Waals surface area contributed by atoms with Gasteiger partial charge >= 0.3 is 11.9 Å². The first kappa shape index (κ1) is 14.3. The predicted molar refractivity (Wildman–Crippen MR) is 70.9 cm³/mol. The molecular formula is C13H12ClNO5. The molecule has 1 aliphatic heterocycles. The number of methoxy groups -OCH3 is 1. The summed E-state index contributed by atoms with van der Waals surface area (Å²) in [7, 11) is 1.23. The number of amides is 1. The van der Waals surface area contributed by atoms with Gasteiger partial charge in [-0.25, -0.2) is 4.79 Å². The van der Waals surface area contributed by atoms with Gasteiger partial charge < -0.3 is 14.7 Å². The van der Waals surface area contributed by atoms with E-state index >= 15 is 0 Å². The first-order chi connectivity index (χ1) is 9.43. The minimum atomic E-state index is -1.04. The van der Waals surface area contributed by atoms with Crippen LogP contribution in [-0.4, -0.2) is 36.6 Å². The van der Waals surface area contributed by atoms with Gasteiger partial charge in [0.25, 0.3) is 0 Å². The minimum absolute atomic E-state index is 0.0124. The predicted octanol–water partition coefficient (Wildman–Crippen LogP) is 1.56. The smallest absolute Gasteiger partial charge is 0.339 e. The van der Waals surface area contributed by atoms with Crippen molar-refractivity contribution in [3.05, 3.63) is 28.8 Å². The molecule has 1 saturated heterocycles. The Balaban J connectivity index is 2.42. The summed E-state index contributed by atoms with van der Waals surface area (Å²) in [5, 5.41) is 9.32. The topological polar surface area (TPSA) is 83.9 Å². The van der Waals surface area contributed by atoms with Crippen LogP contribution >= 0.6 is 11.6 Å². The van der Waals surface area contributed by atoms with Crippen LogP contribution in [0.2, 0.25) is 5.02 Å². The third-order valence-corrected chi connectivity index (χ3v) is 3.37. The number of aliphatic carboxylic acids is 1. The molecule has 1 aromatic carbocycles. The number of anilines is 1. The van der Waals surface area contributed by atoms with E-state index in [2.05, 4.69) is 4.74 Å². The molecule has 1 atom stereocenters. The number of halogens is 1. The molecule has 1 aliphatic rings. The molecule has 1 N–H and O–H groups in total. The van der Waals surface area contributed by atoms with E-state index in [1.165, 1.54) is 30.2 Å². The lowest BCUT2D eigenvalue weighted by Crippen LogP contribution is -2.27. The van der Waals surface area contributed by atoms with E-state index in [1.54, 1.807) is 0 Å². The van der Waals surface area contributed by atoms with E-state index in [1.807, 2.05) is 0 Å². The van der Waals surface area contributed by atoms with Crippen LogP contribution in [0.4, 0.5) is 5.69 Å². The van der Waals surface area contributed by atoms with Crippen LogP contribution in [0, 0.1) is 5.92 Å². The second-order valence-electron chi connectivity index (χ2n) is 4.40. The second-order valence-corrected chi connectivity index (χ2v) is 4.83. The zero-order chi connectivity index (χ0) is 14.9. The number of esters is 1. The largest absolute Gasteiger partial charge is 0.481 e. The Morgan fingerprint density at radius 1 is 1.45 bits per heavy atom. The summed E-state index contributed by atoms with van der Waals surface area (Å²) in [6.45, 7) is 0.0124. The number of benzene rings is 1. The Bertz CT molecular complexity index is 586. The Morgan fingerprint density at radius 3 is 2.70 bits per heavy atom. The molecule has 1 amide bonds. The van der Waals surface area contributed by atoms with E-state index in [0.29, 0.717) is 5.02 Å². The van der Waals surface area contributed by atoms with Crippen molar-refractivity contribution in [1.29, 1.82) is 0 Å². The minimum Gasteiger partial charge on any atom is -0.481 e. The summed E-state index contributed by atoms with van der Waals surface area (Å²) in [6, 6.07) is 4.41. The maximum Gasteiger partial charge on any atom is 0.339 e. The Kier molecular flexibility index (Phi) is 3.94. The van der Waals surface area contributed by atoms with Crippen LogP contribution in [0.15, 0.2) is 18.2 Å². The second kappa shape index (κ2) is 5.50. The highest BCUT2D eigenvalue weighted by Crippen LogP contribution is 2.31. The molecular weight excluding hydrogens is 286 g/mol. The van der Waals surface area contributed by atoms with Gasteiger partial charge in [-0.05, 0) is 18.2 Å². The number of rotatable bonds is 3. The van der Waals surface area contributed by atoms with Crippen LogP contribution in [0.25, 0.3) is 0 Å². The molecule has 106 valence electrons. The molecule has 1 unspecified atom stereocenters. The van der Waals surface area contributed by atoms with Crippen molar-refractivity contribution in [2.24, 2.45) is 5.92 Å². The number of carboxylic acids is 1. The van der Waals surface area contributed by atoms with Crippen LogP contribution in [0.3, 0.4) is 0 Å². The molecule has 20 heavy (non-hydrogen) atoms. The summed E-state index contributed by atoms with van der Waals surface area (Å²) in [6.07, 6.45) is -0.0948. The highest BCUT2D eigenvalue weighted by atomic mass is 35.5. The van der Waals surface area contributed by atoms with Gasteiger partial charge in [0.2, 0.25) is 5.91 Å². The third-order valence-electron chi connectivity index (χ3n) is 3.13. The van der Waals surface area contributed by atoms with E-state index < -0.39 is 17.9 Å². The fourth-order valence-corrected chi connectivity index (χ4v) is 2.28. The van der Waals surface area contributed by atoms with Crippen molar-refractivity contribution in [1.82, 2.24) is 0 Å². The lowest BCUT2D eigenvalue weighted by atomic mass is 10.1. The Morgan fingerprint density at radius 2 is 2.15 bits per heavy atom. The van der Waals surface area contributed by atoms with Gasteiger partial charge in [0.05, 0.1) is 24.3 Å². The third kappa shape index (κ3) is 2.60. The van der Waals surface area contributed by atoms with Crippen molar-refractivity contribution in [3.63, 3.8) is 0 Å². The van der Waals surface area contributed by atoms with Crippen LogP contribution in [0.5, 0.6) is 0 Å². The van der Waals surface area contributed by atoms with Crippen molar-refractivity contribution in [2.45, 2.75) is 6.42 Å². The molecule has 1 fully saturated rings. The summed E-state index contributed by atoms with van der Waals surface area (Å²) in [4.78, 5) is 35.9. The zero-order valence-corrected chi connectivity index (χ0v) is 11.4. The van der Waals surface area contributed by atoms with Crippen LogP contribution < -0.4 is 4.90 Å². The fraction of sp³-hybridized carbons (Fsp3) is 0.308. The average molecular weight is 298 g/mol. The van der Waals surface area contributed by atoms with Gasteiger partial charge in [-0.1, -0.05) is 11.6 Å². The van der Waals surface area contributed by atoms with Crippen LogP contribution in [-0.2, 0) is 14.3 Å². The van der Waals surface area contributed by atoms with Crippen molar-refractivity contribution >= 4 is 35.1 Å². The number of nitrogens with zero attached hydrogens (tertiary/aromatic N) is 1. The number of carbonyl (C=O) groups excluding carboxylic acids is 2. The molecule has 0 radical (unpaired) electrons. The van der Waals surface area contributed by atoms with Gasteiger partial charge in [0.15, 0.2) is 0 Å². The number of ether oxygens (including phenoxy) is 1. The number of hydrogen-bond donors (Lipinski definition) is 1. The van der Waals surface area contributed by atoms with Gasteiger partial charge in [-0.2, -0.15) is 0 Å². The molecule has 7 heteroatoms. The van der Waals surface area contributed by atoms with E-state index in [0.717, 1.165) is 0 Å². The Hall–Kier alpha value is -2.08. The number of carboxylic acid groups (broad SMARTS) is 1. The summed E-state index contributed by atoms with van der Waals surface area (Å²) in [5.41, 5.74) is 0.453. The number of carbonyl (C=O) groups is 3. The van der Waals surface area contributed by atoms with Gasteiger partial charge in [0, 0.05) is 18.0 Å². The van der Waals surface area contributed by atoms with Gasteiger partial charge in [-0.3, -0.25) is 9.59 Å². The molecule has 6 nitrogen and oxygen atoms in total. The van der Waals surface area contributed by atoms with Crippen molar-refractivity contribution in [3.8, 4) is 0 Å². The van der Waals surface area contributed by atoms with Crippen molar-refractivity contribution < 1.29 is 24.2 Å². The molecule has 0 aromatic heterocycles. The first-order valence-electron chi connectivity index (χ1n) is 5.85. The standard InChI is InChI=1S/C13H12ClNO5/c1-20-13(19)9-3-2-8(14)5-10(9)15-6-7(12(17)18)4-11(15)16/h2-3,5,7H,4,6H2,1H3,(H,17,18). The monoisotopic (exact) mass is 297 g/mol. The van der Waals surface area contributed by atoms with Crippen LogP contribution in [0.1, 0.15) is 16.8 Å². The molecule has 0 saturated carbocycles. The Labute approximate surface area is 119 Å². The molecule has 1 heterocycles. The molecule has 0 bridgehead atoms.